The first-order chi connectivity index (χ1) is 65.9. The number of hydrogen-bond acceptors (Lipinski definition) is 6. The highest BCUT2D eigenvalue weighted by Crippen LogP contribution is 2.48. The quantitative estimate of drug-likeness (QED) is 0.130. The van der Waals surface area contributed by atoms with Gasteiger partial charge in [0.15, 0.2) is 0 Å². The fraction of sp³-hybridized carbons (Fsp3) is 0.00806. The molecule has 0 atom stereocenters. The number of para-hydroxylation sites is 3. The van der Waals surface area contributed by atoms with Crippen LogP contribution in [0.3, 0.4) is 0 Å². The smallest absolute Gasteiger partial charge is 0.0715 e. The fourth-order valence-corrected chi connectivity index (χ4v) is 22.7. The zero-order valence-electron chi connectivity index (χ0n) is 72.5. The minimum absolute atomic E-state index is 0.963. The van der Waals surface area contributed by atoms with Crippen LogP contribution in [0.25, 0.3) is 238 Å². The van der Waals surface area contributed by atoms with Gasteiger partial charge in [0.25, 0.3) is 0 Å². The molecule has 626 valence electrons. The zero-order valence-corrected chi connectivity index (χ0v) is 75.0. The summed E-state index contributed by atoms with van der Waals surface area (Å²) < 4.78 is 15.2. The zero-order chi connectivity index (χ0) is 88.2. The van der Waals surface area contributed by atoms with Crippen molar-refractivity contribution in [3.63, 3.8) is 0 Å². The van der Waals surface area contributed by atoms with E-state index in [-0.39, 0.29) is 0 Å². The summed E-state index contributed by atoms with van der Waals surface area (Å²) in [5.74, 6) is 0. The van der Waals surface area contributed by atoms with E-state index >= 15 is 0 Å². The number of benzene rings is 18. The number of aryl methyl sites for hydroxylation is 1. The molecule has 6 nitrogen and oxygen atoms in total. The monoisotopic (exact) mass is 1750 g/mol. The summed E-state index contributed by atoms with van der Waals surface area (Å²) in [5.41, 5.74) is 29.5. The van der Waals surface area contributed by atoms with Crippen LogP contribution in [-0.4, -0.2) is 28.7 Å². The summed E-state index contributed by atoms with van der Waals surface area (Å²) in [5, 5.41) is 15.9. The maximum Gasteiger partial charge on any atom is 0.0715 e. The molecule has 0 spiro atoms. The molecule has 27 aromatic rings. The molecule has 0 N–H and O–H groups in total. The maximum absolute atomic E-state index is 5.15. The third kappa shape index (κ3) is 14.9. The molecule has 0 aliphatic carbocycles. The van der Waals surface area contributed by atoms with E-state index in [9.17, 15) is 0 Å². The number of hydrogen-bond donors (Lipinski definition) is 0. The van der Waals surface area contributed by atoms with Gasteiger partial charge in [-0.1, -0.05) is 352 Å². The Kier molecular flexibility index (Phi) is 20.7. The molecule has 27 rings (SSSR count). The molecule has 0 aliphatic rings. The van der Waals surface area contributed by atoms with Crippen LogP contribution in [0.5, 0.6) is 0 Å². The number of thiophene rings is 3. The molecule has 0 amide bonds. The number of fused-ring (bicyclic) bond motifs is 20. The van der Waals surface area contributed by atoms with Crippen molar-refractivity contribution in [2.75, 3.05) is 0 Å². The molecule has 0 radical (unpaired) electrons. The van der Waals surface area contributed by atoms with Crippen LogP contribution in [0.4, 0.5) is 0 Å². The minimum atomic E-state index is 0.963. The molecule has 0 saturated carbocycles. The molecule has 9 heteroatoms. The predicted molar refractivity (Wildman–Crippen MR) is 569 cm³/mol. The Morgan fingerprint density at radius 1 is 0.165 bits per heavy atom. The molecule has 0 aliphatic heterocycles. The Bertz CT molecular complexity index is 8770. The number of rotatable bonds is 11. The lowest BCUT2D eigenvalue weighted by Gasteiger charge is -2.12. The molecule has 9 aromatic heterocycles. The van der Waals surface area contributed by atoms with Gasteiger partial charge in [0.05, 0.1) is 61.7 Å². The van der Waals surface area contributed by atoms with Crippen molar-refractivity contribution in [1.29, 1.82) is 0 Å². The second-order valence-corrected chi connectivity index (χ2v) is 36.9. The average molecular weight is 1750 g/mol. The van der Waals surface area contributed by atoms with Crippen LogP contribution >= 0.6 is 34.0 Å². The summed E-state index contributed by atoms with van der Waals surface area (Å²) in [4.78, 5) is 15.1. The molecule has 18 aromatic carbocycles. The van der Waals surface area contributed by atoms with Crippen LogP contribution < -0.4 is 0 Å². The van der Waals surface area contributed by atoms with Crippen LogP contribution in [0, 0.1) is 0 Å². The van der Waals surface area contributed by atoms with Gasteiger partial charge in [-0.2, -0.15) is 0 Å². The average Bonchev–Trinajstić information content (AvgIpc) is 1.63. The topological polar surface area (TPSA) is 53.5 Å². The summed E-state index contributed by atoms with van der Waals surface area (Å²) >= 11 is 5.62. The largest absolute Gasteiger partial charge is 0.344 e. The maximum atomic E-state index is 5.15. The van der Waals surface area contributed by atoms with Gasteiger partial charge < -0.3 is 13.7 Å². The lowest BCUT2D eigenvalue weighted by Crippen LogP contribution is -1.95. The Morgan fingerprint density at radius 3 is 0.940 bits per heavy atom. The van der Waals surface area contributed by atoms with Crippen molar-refractivity contribution >= 4 is 160 Å². The highest BCUT2D eigenvalue weighted by atomic mass is 32.1. The molecule has 133 heavy (non-hydrogen) atoms. The van der Waals surface area contributed by atoms with Crippen molar-refractivity contribution in [2.45, 2.75) is 0 Å². The van der Waals surface area contributed by atoms with E-state index in [4.69, 9.17) is 15.0 Å². The van der Waals surface area contributed by atoms with E-state index < -0.39 is 0 Å². The third-order valence-electron chi connectivity index (χ3n) is 25.7. The first-order valence-corrected chi connectivity index (χ1v) is 47.4. The SMILES string of the molecule is Cn1c2ccccc2c2cc3c(cc21)sc1ccccc13.c1ccc(-c2cc(-c3ccc(-n4c5ccccc5c5c6c(ccc54)sc4ccccc46)cc3)cc(-c3ccccc3)n2)cc1.c1ccc(-c2cc(-c3ccccc3)nc(-c3ccc(-n4c5ccccc5c5ccc6sc7ccccc7c6c54)cc3)c2)cc1.c1ccc(-c2cc(-c3ccccc3)nc(-c3ccccc3)c2)cc1. The van der Waals surface area contributed by atoms with Gasteiger partial charge in [-0.05, 0) is 161 Å². The Labute approximate surface area is 781 Å². The van der Waals surface area contributed by atoms with E-state index in [0.717, 1.165) is 95.6 Å². The van der Waals surface area contributed by atoms with Crippen molar-refractivity contribution in [2.24, 2.45) is 7.05 Å². The normalized spacial score (nSPS) is 11.5. The third-order valence-corrected chi connectivity index (χ3v) is 29.1. The van der Waals surface area contributed by atoms with Crippen LogP contribution in [-0.2, 0) is 7.05 Å². The van der Waals surface area contributed by atoms with Gasteiger partial charge >= 0.3 is 0 Å². The standard InChI is InChI=1S/2C41H26N2S.C23H17N.C19H13NS/c1-3-11-28(12-4-1)34-25-30(26-35(42-34)29-13-5-2-6-14-29)27-19-21-31(22-20-27)43-36-17-9-7-15-32(36)40-37(43)23-24-39-41(40)33-16-8-10-18-38(33)44-39;1-3-11-27(12-4-1)30-25-35(28-13-5-2-6-14-28)42-36(26-30)29-19-21-31(22-20-29)43-37-17-9-7-15-32(37)33-23-24-39-40(41(33)43)34-16-8-10-18-38(34)44-39;1-4-10-18(11-5-1)21-16-22(19-12-6-2-7-13-19)24-23(17-21)20-14-8-3-9-15-20;1-20-16-8-4-2-6-12(16)14-10-15-13-7-3-5-9-18(13)21-19(15)11-17(14)20/h2*1-26H;1-17H;2-11H,1H3. The molecule has 0 unspecified atom stereocenters. The highest BCUT2D eigenvalue weighted by Gasteiger charge is 2.23. The molecule has 0 fully saturated rings. The first-order valence-electron chi connectivity index (χ1n) is 45.0. The summed E-state index contributed by atoms with van der Waals surface area (Å²) in [7, 11) is 2.16. The molecular formula is C124H82N6S3. The molecule has 0 saturated heterocycles. The lowest BCUT2D eigenvalue weighted by molar-refractivity contribution is 1.02. The minimum Gasteiger partial charge on any atom is -0.344 e. The van der Waals surface area contributed by atoms with E-state index in [2.05, 4.69) is 439 Å². The van der Waals surface area contributed by atoms with Crippen molar-refractivity contribution < 1.29 is 0 Å². The van der Waals surface area contributed by atoms with E-state index in [0.29, 0.717) is 0 Å². The van der Waals surface area contributed by atoms with Crippen molar-refractivity contribution in [1.82, 2.24) is 28.7 Å². The van der Waals surface area contributed by atoms with Gasteiger partial charge in [0.2, 0.25) is 0 Å². The van der Waals surface area contributed by atoms with E-state index in [1.165, 1.54) is 143 Å². The number of nitrogens with zero attached hydrogens (tertiary/aromatic N) is 6. The van der Waals surface area contributed by atoms with Crippen LogP contribution in [0.15, 0.2) is 479 Å². The molecular weight excluding hydrogens is 1670 g/mol. The summed E-state index contributed by atoms with van der Waals surface area (Å²) in [6.45, 7) is 0. The van der Waals surface area contributed by atoms with Gasteiger partial charge in [-0.25, -0.2) is 15.0 Å². The van der Waals surface area contributed by atoms with Gasteiger partial charge in [-0.15, -0.1) is 34.0 Å². The predicted octanol–water partition coefficient (Wildman–Crippen LogP) is 34.9. The second kappa shape index (κ2) is 34.5. The van der Waals surface area contributed by atoms with Gasteiger partial charge in [-0.3, -0.25) is 0 Å². The van der Waals surface area contributed by atoms with E-state index in [1.54, 1.807) is 0 Å². The molecule has 9 heterocycles. The van der Waals surface area contributed by atoms with Crippen molar-refractivity contribution in [3.05, 3.63) is 479 Å². The van der Waals surface area contributed by atoms with Gasteiger partial charge in [0, 0.05) is 150 Å². The van der Waals surface area contributed by atoms with Crippen LogP contribution in [0.1, 0.15) is 0 Å². The van der Waals surface area contributed by atoms with Crippen molar-refractivity contribution in [3.8, 4) is 112 Å². The Morgan fingerprint density at radius 2 is 0.481 bits per heavy atom. The lowest BCUT2D eigenvalue weighted by atomic mass is 10.00. The Hall–Kier alpha value is -16.5. The highest BCUT2D eigenvalue weighted by molar-refractivity contribution is 7.26. The molecule has 0 bridgehead atoms. The number of aromatic nitrogens is 6. The second-order valence-electron chi connectivity index (χ2n) is 33.6. The van der Waals surface area contributed by atoms with E-state index in [1.807, 2.05) is 94.7 Å². The Balaban J connectivity index is 0.000000102. The first kappa shape index (κ1) is 79.8. The van der Waals surface area contributed by atoms with Crippen LogP contribution in [0.2, 0.25) is 0 Å². The fourth-order valence-electron chi connectivity index (χ4n) is 19.3. The summed E-state index contributed by atoms with van der Waals surface area (Å²) in [6.07, 6.45) is 0. The number of pyridine rings is 3. The van der Waals surface area contributed by atoms with Gasteiger partial charge in [0.1, 0.15) is 0 Å². The summed E-state index contributed by atoms with van der Waals surface area (Å²) in [6, 6.07) is 170.